The highest BCUT2D eigenvalue weighted by Crippen LogP contribution is 2.35. The number of fused-ring (bicyclic) bond motifs is 1. The number of rotatable bonds is 6. The lowest BCUT2D eigenvalue weighted by atomic mass is 10.0. The Hall–Kier alpha value is -3.73. The SMILES string of the molecule is C1CCNC1.COc1nc(-c2ccc(C#N)cc2)c(-c2ccc(C)cc2)n2cc(CCN(C)C)nc12. The van der Waals surface area contributed by atoms with Crippen LogP contribution in [0, 0.1) is 18.3 Å². The number of nitriles is 1. The topological polar surface area (TPSA) is 78.5 Å². The van der Waals surface area contributed by atoms with Crippen LogP contribution in [-0.2, 0) is 6.42 Å². The zero-order valence-electron chi connectivity index (χ0n) is 21.6. The molecular formula is C29H34N6O. The summed E-state index contributed by atoms with van der Waals surface area (Å²) in [6, 6.07) is 18.0. The van der Waals surface area contributed by atoms with E-state index in [-0.39, 0.29) is 0 Å². The van der Waals surface area contributed by atoms with Gasteiger partial charge in [-0.2, -0.15) is 5.26 Å². The third-order valence-corrected chi connectivity index (χ3v) is 6.20. The van der Waals surface area contributed by atoms with Crippen LogP contribution in [0.2, 0.25) is 0 Å². The molecule has 36 heavy (non-hydrogen) atoms. The van der Waals surface area contributed by atoms with E-state index in [1.807, 2.05) is 24.3 Å². The highest BCUT2D eigenvalue weighted by atomic mass is 16.5. The van der Waals surface area contributed by atoms with Crippen LogP contribution in [0.1, 0.15) is 29.7 Å². The van der Waals surface area contributed by atoms with Gasteiger partial charge < -0.3 is 15.0 Å². The summed E-state index contributed by atoms with van der Waals surface area (Å²) in [7, 11) is 5.72. The molecule has 1 fully saturated rings. The molecule has 7 heteroatoms. The number of benzene rings is 2. The summed E-state index contributed by atoms with van der Waals surface area (Å²) in [4.78, 5) is 11.8. The number of aryl methyl sites for hydroxylation is 1. The minimum atomic E-state index is 0.478. The first kappa shape index (κ1) is 25.4. The molecule has 0 radical (unpaired) electrons. The van der Waals surface area contributed by atoms with Crippen molar-refractivity contribution in [3.05, 3.63) is 71.5 Å². The average molecular weight is 483 g/mol. The van der Waals surface area contributed by atoms with E-state index in [2.05, 4.69) is 72.2 Å². The molecule has 0 unspecified atom stereocenters. The maximum atomic E-state index is 9.17. The Morgan fingerprint density at radius 1 is 1.00 bits per heavy atom. The summed E-state index contributed by atoms with van der Waals surface area (Å²) in [5, 5.41) is 12.4. The summed E-state index contributed by atoms with van der Waals surface area (Å²) < 4.78 is 7.70. The fraction of sp³-hybridized carbons (Fsp3) is 0.345. The number of nitrogens with zero attached hydrogens (tertiary/aromatic N) is 5. The van der Waals surface area contributed by atoms with Gasteiger partial charge in [-0.1, -0.05) is 42.0 Å². The van der Waals surface area contributed by atoms with Crippen molar-refractivity contribution < 1.29 is 4.74 Å². The van der Waals surface area contributed by atoms with Crippen molar-refractivity contribution in [1.29, 1.82) is 5.26 Å². The number of aromatic nitrogens is 3. The summed E-state index contributed by atoms with van der Waals surface area (Å²) in [5.41, 5.74) is 7.18. The van der Waals surface area contributed by atoms with E-state index in [1.165, 1.54) is 31.5 Å². The van der Waals surface area contributed by atoms with E-state index in [4.69, 9.17) is 14.7 Å². The van der Waals surface area contributed by atoms with Crippen LogP contribution >= 0.6 is 0 Å². The molecule has 1 aliphatic heterocycles. The first-order valence-electron chi connectivity index (χ1n) is 12.4. The van der Waals surface area contributed by atoms with Crippen molar-refractivity contribution in [3.8, 4) is 34.5 Å². The second kappa shape index (κ2) is 11.8. The number of nitrogens with one attached hydrogen (secondary N) is 1. The van der Waals surface area contributed by atoms with E-state index in [0.717, 1.165) is 41.2 Å². The quantitative estimate of drug-likeness (QED) is 0.428. The van der Waals surface area contributed by atoms with Crippen LogP contribution in [0.25, 0.3) is 28.2 Å². The summed E-state index contributed by atoms with van der Waals surface area (Å²) in [6.07, 6.45) is 5.68. The summed E-state index contributed by atoms with van der Waals surface area (Å²) >= 11 is 0. The van der Waals surface area contributed by atoms with E-state index < -0.39 is 0 Å². The Labute approximate surface area is 213 Å². The maximum absolute atomic E-state index is 9.17. The van der Waals surface area contributed by atoms with Gasteiger partial charge in [0.1, 0.15) is 0 Å². The fourth-order valence-corrected chi connectivity index (χ4v) is 4.18. The van der Waals surface area contributed by atoms with Gasteiger partial charge in [0.15, 0.2) is 0 Å². The van der Waals surface area contributed by atoms with Gasteiger partial charge in [-0.25, -0.2) is 9.97 Å². The third kappa shape index (κ3) is 5.91. The standard InChI is InChI=1S/C25H25N5O.C4H9N/c1-17-5-9-20(10-6-17)23-22(19-11-7-18(15-26)8-12-19)28-25(31-4)24-27-21(16-30(23)24)13-14-29(2)3;1-2-4-5-3-1/h5-12,16H,13-14H2,1-4H3;5H,1-4H2. The minimum absolute atomic E-state index is 0.478. The molecule has 0 amide bonds. The Morgan fingerprint density at radius 2 is 1.67 bits per heavy atom. The molecule has 5 rings (SSSR count). The van der Waals surface area contributed by atoms with Gasteiger partial charge in [0.05, 0.1) is 35.8 Å². The lowest BCUT2D eigenvalue weighted by Crippen LogP contribution is -2.15. The zero-order valence-corrected chi connectivity index (χ0v) is 21.6. The highest BCUT2D eigenvalue weighted by Gasteiger charge is 2.20. The molecule has 0 bridgehead atoms. The zero-order chi connectivity index (χ0) is 25.5. The first-order valence-corrected chi connectivity index (χ1v) is 12.4. The van der Waals surface area contributed by atoms with Crippen molar-refractivity contribution in [1.82, 2.24) is 24.6 Å². The molecule has 7 nitrogen and oxygen atoms in total. The first-order chi connectivity index (χ1) is 17.5. The second-order valence-electron chi connectivity index (χ2n) is 9.31. The van der Waals surface area contributed by atoms with E-state index in [9.17, 15) is 5.26 Å². The van der Waals surface area contributed by atoms with Crippen molar-refractivity contribution >= 4 is 5.65 Å². The van der Waals surface area contributed by atoms with Crippen LogP contribution in [-0.4, -0.2) is 60.1 Å². The van der Waals surface area contributed by atoms with E-state index in [1.54, 1.807) is 7.11 Å². The lowest BCUT2D eigenvalue weighted by Gasteiger charge is -2.14. The van der Waals surface area contributed by atoms with Gasteiger partial charge in [-0.15, -0.1) is 0 Å². The fourth-order valence-electron chi connectivity index (χ4n) is 4.18. The molecule has 1 N–H and O–H groups in total. The van der Waals surface area contributed by atoms with Crippen LogP contribution in [0.3, 0.4) is 0 Å². The van der Waals surface area contributed by atoms with Crippen molar-refractivity contribution in [2.24, 2.45) is 0 Å². The van der Waals surface area contributed by atoms with E-state index in [0.29, 0.717) is 17.1 Å². The number of hydrogen-bond donors (Lipinski definition) is 1. The van der Waals surface area contributed by atoms with Crippen LogP contribution in [0.5, 0.6) is 5.88 Å². The Kier molecular flexibility index (Phi) is 8.32. The second-order valence-corrected chi connectivity index (χ2v) is 9.31. The minimum Gasteiger partial charge on any atom is -0.478 e. The number of imidazole rings is 1. The van der Waals surface area contributed by atoms with Crippen molar-refractivity contribution in [3.63, 3.8) is 0 Å². The van der Waals surface area contributed by atoms with Gasteiger partial charge >= 0.3 is 0 Å². The van der Waals surface area contributed by atoms with Gasteiger partial charge in [-0.05, 0) is 59.1 Å². The molecule has 3 heterocycles. The monoisotopic (exact) mass is 482 g/mol. The van der Waals surface area contributed by atoms with E-state index >= 15 is 0 Å². The molecule has 0 spiro atoms. The van der Waals surface area contributed by atoms with Crippen LogP contribution in [0.4, 0.5) is 0 Å². The molecule has 2 aromatic carbocycles. The largest absolute Gasteiger partial charge is 0.478 e. The smallest absolute Gasteiger partial charge is 0.258 e. The molecule has 0 saturated carbocycles. The molecular weight excluding hydrogens is 448 g/mol. The molecule has 0 aliphatic carbocycles. The predicted octanol–water partition coefficient (Wildman–Crippen LogP) is 4.73. The average Bonchev–Trinajstić information content (AvgIpc) is 3.61. The van der Waals surface area contributed by atoms with Gasteiger partial charge in [0, 0.05) is 30.3 Å². The molecule has 2 aromatic heterocycles. The van der Waals surface area contributed by atoms with Crippen molar-refractivity contribution in [2.45, 2.75) is 26.2 Å². The van der Waals surface area contributed by atoms with Crippen LogP contribution in [0.15, 0.2) is 54.7 Å². The molecule has 1 saturated heterocycles. The number of likely N-dealkylation sites (N-methyl/N-ethyl adjacent to an activating group) is 1. The lowest BCUT2D eigenvalue weighted by molar-refractivity contribution is 0.400. The highest BCUT2D eigenvalue weighted by molar-refractivity contribution is 5.81. The number of ether oxygens (including phenoxy) is 1. The molecule has 4 aromatic rings. The van der Waals surface area contributed by atoms with Gasteiger partial charge in [0.25, 0.3) is 5.88 Å². The van der Waals surface area contributed by atoms with Crippen molar-refractivity contribution in [2.75, 3.05) is 40.8 Å². The number of methoxy groups -OCH3 is 1. The normalized spacial score (nSPS) is 12.9. The Bertz CT molecular complexity index is 1320. The Balaban J connectivity index is 0.000000543. The predicted molar refractivity (Wildman–Crippen MR) is 144 cm³/mol. The maximum Gasteiger partial charge on any atom is 0.258 e. The third-order valence-electron chi connectivity index (χ3n) is 6.20. The Morgan fingerprint density at radius 3 is 2.22 bits per heavy atom. The molecule has 0 atom stereocenters. The molecule has 1 aliphatic rings. The summed E-state index contributed by atoms with van der Waals surface area (Å²) in [5.74, 6) is 0.478. The van der Waals surface area contributed by atoms with Gasteiger partial charge in [0.2, 0.25) is 5.65 Å². The summed E-state index contributed by atoms with van der Waals surface area (Å²) in [6.45, 7) is 5.48. The van der Waals surface area contributed by atoms with Gasteiger partial charge in [-0.3, -0.25) is 4.40 Å². The molecule has 186 valence electrons. The number of hydrogen-bond acceptors (Lipinski definition) is 6. The van der Waals surface area contributed by atoms with Crippen LogP contribution < -0.4 is 10.1 Å².